The molecule has 7 heteroatoms. The fraction of sp³-hybridized carbons (Fsp3) is 0.0952. The predicted octanol–water partition coefficient (Wildman–Crippen LogP) is 4.02. The maximum absolute atomic E-state index is 13.4. The van der Waals surface area contributed by atoms with E-state index >= 15 is 0 Å². The van der Waals surface area contributed by atoms with Gasteiger partial charge in [-0.05, 0) is 48.5 Å². The normalized spacial score (nSPS) is 15.7. The second kappa shape index (κ2) is 6.77. The summed E-state index contributed by atoms with van der Waals surface area (Å²) in [6.07, 6.45) is -0.715. The summed E-state index contributed by atoms with van der Waals surface area (Å²) in [5, 5.41) is 23.3. The third-order valence-corrected chi connectivity index (χ3v) is 4.64. The van der Waals surface area contributed by atoms with Crippen molar-refractivity contribution in [3.8, 4) is 17.2 Å². The highest BCUT2D eigenvalue weighted by molar-refractivity contribution is 6.12. The number of anilines is 2. The van der Waals surface area contributed by atoms with Crippen LogP contribution in [0.25, 0.3) is 0 Å². The maximum atomic E-state index is 13.4. The SMILES string of the molecule is COc1cc([C@H]2Nc3ccccc3C(=O)N2c2ccc(F)cc2)cc(O)c1O. The number of benzene rings is 3. The molecule has 0 fully saturated rings. The highest BCUT2D eigenvalue weighted by Gasteiger charge is 2.34. The van der Waals surface area contributed by atoms with E-state index in [1.807, 2.05) is 0 Å². The number of nitrogens with zero attached hydrogens (tertiary/aromatic N) is 1. The average Bonchev–Trinajstić information content (AvgIpc) is 2.71. The lowest BCUT2D eigenvalue weighted by molar-refractivity contribution is 0.0974. The Bertz CT molecular complexity index is 1050. The van der Waals surface area contributed by atoms with E-state index in [9.17, 15) is 19.4 Å². The molecule has 1 atom stereocenters. The third kappa shape index (κ3) is 2.87. The van der Waals surface area contributed by atoms with Crippen molar-refractivity contribution in [2.24, 2.45) is 0 Å². The topological polar surface area (TPSA) is 82.0 Å². The molecule has 0 spiro atoms. The Kier molecular flexibility index (Phi) is 4.27. The molecular weight excluding hydrogens is 363 g/mol. The number of rotatable bonds is 3. The van der Waals surface area contributed by atoms with Gasteiger partial charge in [0.2, 0.25) is 5.75 Å². The van der Waals surface area contributed by atoms with Crippen molar-refractivity contribution in [3.63, 3.8) is 0 Å². The summed E-state index contributed by atoms with van der Waals surface area (Å²) in [4.78, 5) is 14.7. The smallest absolute Gasteiger partial charge is 0.262 e. The van der Waals surface area contributed by atoms with Gasteiger partial charge in [-0.3, -0.25) is 9.69 Å². The lowest BCUT2D eigenvalue weighted by Gasteiger charge is -2.38. The first-order chi connectivity index (χ1) is 13.5. The molecule has 0 aromatic heterocycles. The molecule has 0 unspecified atom stereocenters. The van der Waals surface area contributed by atoms with Gasteiger partial charge in [-0.1, -0.05) is 12.1 Å². The van der Waals surface area contributed by atoms with Crippen molar-refractivity contribution >= 4 is 17.3 Å². The predicted molar refractivity (Wildman–Crippen MR) is 102 cm³/mol. The first-order valence-corrected chi connectivity index (χ1v) is 8.54. The number of para-hydroxylation sites is 1. The van der Waals surface area contributed by atoms with Crippen LogP contribution >= 0.6 is 0 Å². The van der Waals surface area contributed by atoms with Crippen LogP contribution in [-0.2, 0) is 0 Å². The van der Waals surface area contributed by atoms with Crippen molar-refractivity contribution in [2.45, 2.75) is 6.17 Å². The fourth-order valence-corrected chi connectivity index (χ4v) is 3.28. The van der Waals surface area contributed by atoms with Crippen LogP contribution in [0.3, 0.4) is 0 Å². The first kappa shape index (κ1) is 17.7. The van der Waals surface area contributed by atoms with E-state index in [1.54, 1.807) is 24.3 Å². The second-order valence-corrected chi connectivity index (χ2v) is 6.33. The number of aromatic hydroxyl groups is 2. The molecule has 6 nitrogen and oxygen atoms in total. The van der Waals surface area contributed by atoms with E-state index in [1.165, 1.54) is 48.4 Å². The van der Waals surface area contributed by atoms with Gasteiger partial charge in [0.15, 0.2) is 11.5 Å². The Hall–Kier alpha value is -3.74. The van der Waals surface area contributed by atoms with Crippen LogP contribution in [0, 0.1) is 5.82 Å². The largest absolute Gasteiger partial charge is 0.504 e. The number of nitrogens with one attached hydrogen (secondary N) is 1. The van der Waals surface area contributed by atoms with Crippen molar-refractivity contribution in [1.29, 1.82) is 0 Å². The van der Waals surface area contributed by atoms with Gasteiger partial charge in [-0.15, -0.1) is 0 Å². The number of carbonyl (C=O) groups is 1. The summed E-state index contributed by atoms with van der Waals surface area (Å²) in [5.41, 5.74) is 2.06. The Morgan fingerprint density at radius 2 is 1.79 bits per heavy atom. The zero-order chi connectivity index (χ0) is 19.8. The highest BCUT2D eigenvalue weighted by atomic mass is 19.1. The number of hydrogen-bond donors (Lipinski definition) is 3. The molecule has 4 rings (SSSR count). The molecular formula is C21H17FN2O4. The number of methoxy groups -OCH3 is 1. The van der Waals surface area contributed by atoms with Crippen molar-refractivity contribution in [2.75, 3.05) is 17.3 Å². The number of hydrogen-bond acceptors (Lipinski definition) is 5. The zero-order valence-electron chi connectivity index (χ0n) is 14.9. The first-order valence-electron chi connectivity index (χ1n) is 8.54. The molecule has 1 amide bonds. The molecule has 1 heterocycles. The molecule has 3 aromatic rings. The summed E-state index contributed by atoms with van der Waals surface area (Å²) in [5.74, 6) is -1.38. The molecule has 28 heavy (non-hydrogen) atoms. The highest BCUT2D eigenvalue weighted by Crippen LogP contribution is 2.42. The molecule has 3 N–H and O–H groups in total. The summed E-state index contributed by atoms with van der Waals surface area (Å²) < 4.78 is 18.5. The number of ether oxygens (including phenoxy) is 1. The number of halogens is 1. The zero-order valence-corrected chi connectivity index (χ0v) is 14.9. The van der Waals surface area contributed by atoms with Crippen LogP contribution < -0.4 is 15.0 Å². The molecule has 142 valence electrons. The molecule has 3 aromatic carbocycles. The summed E-state index contributed by atoms with van der Waals surface area (Å²) in [6, 6.07) is 15.5. The van der Waals surface area contributed by atoms with Crippen LogP contribution in [0.15, 0.2) is 60.7 Å². The monoisotopic (exact) mass is 380 g/mol. The van der Waals surface area contributed by atoms with Crippen molar-refractivity contribution < 1.29 is 24.1 Å². The summed E-state index contributed by atoms with van der Waals surface area (Å²) in [7, 11) is 1.37. The average molecular weight is 380 g/mol. The van der Waals surface area contributed by atoms with Gasteiger partial charge in [-0.25, -0.2) is 4.39 Å². The molecule has 0 saturated carbocycles. The minimum Gasteiger partial charge on any atom is -0.504 e. The molecule has 0 aliphatic carbocycles. The van der Waals surface area contributed by atoms with E-state index in [2.05, 4.69) is 5.32 Å². The van der Waals surface area contributed by atoms with E-state index in [-0.39, 0.29) is 23.2 Å². The van der Waals surface area contributed by atoms with Gasteiger partial charge in [-0.2, -0.15) is 0 Å². The third-order valence-electron chi connectivity index (χ3n) is 4.64. The standard InChI is InChI=1S/C21H17FN2O4/c1-28-18-11-12(10-17(25)19(18)26)20-23-16-5-3-2-4-15(16)21(27)24(20)14-8-6-13(22)7-9-14/h2-11,20,23,25-26H,1H3/t20-/m0/s1. The van der Waals surface area contributed by atoms with Crippen LogP contribution in [0.1, 0.15) is 22.1 Å². The number of amides is 1. The molecule has 0 bridgehead atoms. The van der Waals surface area contributed by atoms with E-state index in [0.717, 1.165) is 0 Å². The van der Waals surface area contributed by atoms with Crippen LogP contribution in [0.2, 0.25) is 0 Å². The number of carbonyl (C=O) groups excluding carboxylic acids is 1. The number of fused-ring (bicyclic) bond motifs is 1. The van der Waals surface area contributed by atoms with Crippen LogP contribution in [0.5, 0.6) is 17.2 Å². The fourth-order valence-electron chi connectivity index (χ4n) is 3.28. The van der Waals surface area contributed by atoms with E-state index in [4.69, 9.17) is 4.74 Å². The van der Waals surface area contributed by atoms with Gasteiger partial charge in [0.05, 0.1) is 12.7 Å². The Balaban J connectivity index is 1.89. The Labute approximate surface area is 160 Å². The number of phenolic OH excluding ortho intramolecular Hbond substituents is 2. The molecule has 0 saturated heterocycles. The van der Waals surface area contributed by atoms with Crippen molar-refractivity contribution in [3.05, 3.63) is 77.6 Å². The Morgan fingerprint density at radius 1 is 1.07 bits per heavy atom. The lowest BCUT2D eigenvalue weighted by atomic mass is 10.0. The quantitative estimate of drug-likeness (QED) is 0.598. The summed E-state index contributed by atoms with van der Waals surface area (Å²) in [6.45, 7) is 0. The van der Waals surface area contributed by atoms with Crippen molar-refractivity contribution in [1.82, 2.24) is 0 Å². The van der Waals surface area contributed by atoms with Gasteiger partial charge >= 0.3 is 0 Å². The van der Waals surface area contributed by atoms with Crippen LogP contribution in [-0.4, -0.2) is 23.2 Å². The van der Waals surface area contributed by atoms with Gasteiger partial charge in [0.1, 0.15) is 12.0 Å². The van der Waals surface area contributed by atoms with Crippen LogP contribution in [0.4, 0.5) is 15.8 Å². The van der Waals surface area contributed by atoms with E-state index < -0.39 is 12.0 Å². The molecule has 1 aliphatic rings. The lowest BCUT2D eigenvalue weighted by Crippen LogP contribution is -2.43. The minimum absolute atomic E-state index is 0.0714. The minimum atomic E-state index is -0.715. The molecule has 0 radical (unpaired) electrons. The van der Waals surface area contributed by atoms with Gasteiger partial charge in [0, 0.05) is 16.9 Å². The van der Waals surface area contributed by atoms with E-state index in [0.29, 0.717) is 22.5 Å². The Morgan fingerprint density at radius 3 is 2.50 bits per heavy atom. The second-order valence-electron chi connectivity index (χ2n) is 6.33. The number of phenols is 2. The molecule has 1 aliphatic heterocycles. The van der Waals surface area contributed by atoms with Gasteiger partial charge in [0.25, 0.3) is 5.91 Å². The summed E-state index contributed by atoms with van der Waals surface area (Å²) >= 11 is 0. The van der Waals surface area contributed by atoms with Gasteiger partial charge < -0.3 is 20.3 Å². The maximum Gasteiger partial charge on any atom is 0.262 e.